The molecule has 0 bridgehead atoms. The second kappa shape index (κ2) is 8.64. The Morgan fingerprint density at radius 1 is 1.27 bits per heavy atom. The van der Waals surface area contributed by atoms with E-state index in [0.29, 0.717) is 24.8 Å². The van der Waals surface area contributed by atoms with Gasteiger partial charge in [0.15, 0.2) is 5.82 Å². The van der Waals surface area contributed by atoms with E-state index in [4.69, 9.17) is 4.74 Å². The number of hydrogen-bond donors (Lipinski definition) is 1. The van der Waals surface area contributed by atoms with Crippen molar-refractivity contribution in [2.45, 2.75) is 51.7 Å². The summed E-state index contributed by atoms with van der Waals surface area (Å²) in [5, 5.41) is 15.5. The highest BCUT2D eigenvalue weighted by Crippen LogP contribution is 2.17. The van der Waals surface area contributed by atoms with Crippen LogP contribution in [0.25, 0.3) is 5.82 Å². The second-order valence-corrected chi connectivity index (χ2v) is 6.45. The predicted octanol–water partition coefficient (Wildman–Crippen LogP) is 2.40. The van der Waals surface area contributed by atoms with Crippen LogP contribution in [0.1, 0.15) is 39.5 Å². The van der Waals surface area contributed by atoms with Crippen LogP contribution >= 0.6 is 0 Å². The third-order valence-electron chi connectivity index (χ3n) is 4.69. The van der Waals surface area contributed by atoms with Crippen LogP contribution in [-0.4, -0.2) is 56.1 Å². The molecule has 0 aliphatic carbocycles. The minimum Gasteiger partial charge on any atom is -0.473 e. The summed E-state index contributed by atoms with van der Waals surface area (Å²) < 4.78 is 7.56. The molecule has 140 valence electrons. The van der Waals surface area contributed by atoms with Gasteiger partial charge in [-0.2, -0.15) is 5.10 Å². The minimum absolute atomic E-state index is 0.0283. The van der Waals surface area contributed by atoms with Gasteiger partial charge in [-0.25, -0.2) is 9.48 Å². The molecule has 1 N–H and O–H groups in total. The highest BCUT2D eigenvalue weighted by Gasteiger charge is 2.25. The maximum absolute atomic E-state index is 12.3. The summed E-state index contributed by atoms with van der Waals surface area (Å²) >= 11 is 0. The summed E-state index contributed by atoms with van der Waals surface area (Å²) in [5.74, 6) is 1.15. The molecule has 3 heterocycles. The molecule has 3 rings (SSSR count). The average Bonchev–Trinajstić information content (AvgIpc) is 3.22. The van der Waals surface area contributed by atoms with Crippen molar-refractivity contribution in [1.82, 2.24) is 30.2 Å². The molecule has 0 aromatic carbocycles. The standard InChI is InChI=1S/C18H26N6O2/c1-3-14(4-2)20-18(25)23-12-8-15(9-13-23)26-17-7-6-16(21-22-17)24-11-5-10-19-24/h5-7,10-11,14-15H,3-4,8-9,12-13H2,1-2H3,(H,20,25). The number of hydrogen-bond acceptors (Lipinski definition) is 5. The van der Waals surface area contributed by atoms with Gasteiger partial charge < -0.3 is 15.0 Å². The second-order valence-electron chi connectivity index (χ2n) is 6.45. The lowest BCUT2D eigenvalue weighted by molar-refractivity contribution is 0.105. The largest absolute Gasteiger partial charge is 0.473 e. The van der Waals surface area contributed by atoms with Crippen LogP contribution in [0, 0.1) is 0 Å². The van der Waals surface area contributed by atoms with Crippen LogP contribution < -0.4 is 10.1 Å². The maximum Gasteiger partial charge on any atom is 0.317 e. The zero-order valence-corrected chi connectivity index (χ0v) is 15.3. The Morgan fingerprint density at radius 3 is 2.62 bits per heavy atom. The molecule has 1 saturated heterocycles. The van der Waals surface area contributed by atoms with E-state index in [-0.39, 0.29) is 18.2 Å². The Morgan fingerprint density at radius 2 is 2.04 bits per heavy atom. The zero-order valence-electron chi connectivity index (χ0n) is 15.3. The fourth-order valence-corrected chi connectivity index (χ4v) is 3.01. The number of urea groups is 1. The van der Waals surface area contributed by atoms with Crippen molar-refractivity contribution in [3.63, 3.8) is 0 Å². The third-order valence-corrected chi connectivity index (χ3v) is 4.69. The number of amides is 2. The van der Waals surface area contributed by atoms with Crippen molar-refractivity contribution >= 4 is 6.03 Å². The Hall–Kier alpha value is -2.64. The lowest BCUT2D eigenvalue weighted by Crippen LogP contribution is -2.49. The van der Waals surface area contributed by atoms with E-state index >= 15 is 0 Å². The van der Waals surface area contributed by atoms with Crippen LogP contribution in [0.3, 0.4) is 0 Å². The van der Waals surface area contributed by atoms with E-state index in [9.17, 15) is 4.79 Å². The molecular formula is C18H26N6O2. The number of likely N-dealkylation sites (tertiary alicyclic amines) is 1. The normalized spacial score (nSPS) is 15.3. The van der Waals surface area contributed by atoms with E-state index in [1.165, 1.54) is 0 Å². The van der Waals surface area contributed by atoms with Crippen LogP contribution in [0.2, 0.25) is 0 Å². The first-order chi connectivity index (χ1) is 12.7. The summed E-state index contributed by atoms with van der Waals surface area (Å²) in [7, 11) is 0. The summed E-state index contributed by atoms with van der Waals surface area (Å²) in [4.78, 5) is 14.2. The van der Waals surface area contributed by atoms with Crippen LogP contribution in [0.4, 0.5) is 4.79 Å². The highest BCUT2D eigenvalue weighted by atomic mass is 16.5. The molecule has 0 radical (unpaired) electrons. The zero-order chi connectivity index (χ0) is 18.4. The Labute approximate surface area is 153 Å². The molecular weight excluding hydrogens is 332 g/mol. The molecule has 2 aromatic rings. The summed E-state index contributed by atoms with van der Waals surface area (Å²) in [6.07, 6.45) is 7.05. The number of nitrogens with zero attached hydrogens (tertiary/aromatic N) is 5. The SMILES string of the molecule is CCC(CC)NC(=O)N1CCC(Oc2ccc(-n3cccn3)nn2)CC1. The Bertz CT molecular complexity index is 676. The van der Waals surface area contributed by atoms with Crippen LogP contribution in [0.5, 0.6) is 5.88 Å². The smallest absolute Gasteiger partial charge is 0.317 e. The number of aromatic nitrogens is 4. The Kier molecular flexibility index (Phi) is 6.04. The van der Waals surface area contributed by atoms with Crippen molar-refractivity contribution in [1.29, 1.82) is 0 Å². The first-order valence-electron chi connectivity index (χ1n) is 9.25. The molecule has 0 unspecified atom stereocenters. The summed E-state index contributed by atoms with van der Waals surface area (Å²) in [5.41, 5.74) is 0. The molecule has 1 aliphatic rings. The summed E-state index contributed by atoms with van der Waals surface area (Å²) in [6.45, 7) is 5.56. The number of nitrogens with one attached hydrogen (secondary N) is 1. The average molecular weight is 358 g/mol. The van der Waals surface area contributed by atoms with Gasteiger partial charge in [0.1, 0.15) is 6.10 Å². The van der Waals surface area contributed by atoms with E-state index < -0.39 is 0 Å². The van der Waals surface area contributed by atoms with Crippen molar-refractivity contribution in [3.05, 3.63) is 30.6 Å². The predicted molar refractivity (Wildman–Crippen MR) is 97.3 cm³/mol. The molecule has 8 nitrogen and oxygen atoms in total. The van der Waals surface area contributed by atoms with Crippen molar-refractivity contribution < 1.29 is 9.53 Å². The quantitative estimate of drug-likeness (QED) is 0.857. The molecule has 0 spiro atoms. The first kappa shape index (κ1) is 18.2. The van der Waals surface area contributed by atoms with Gasteiger partial charge in [0.25, 0.3) is 0 Å². The molecule has 1 fully saturated rings. The van der Waals surface area contributed by atoms with Crippen molar-refractivity contribution in [2.75, 3.05) is 13.1 Å². The molecule has 8 heteroatoms. The van der Waals surface area contributed by atoms with Crippen molar-refractivity contribution in [3.8, 4) is 11.7 Å². The van der Waals surface area contributed by atoms with Gasteiger partial charge in [0, 0.05) is 50.4 Å². The van der Waals surface area contributed by atoms with E-state index in [1.807, 2.05) is 23.2 Å². The van der Waals surface area contributed by atoms with E-state index in [0.717, 1.165) is 25.7 Å². The lowest BCUT2D eigenvalue weighted by atomic mass is 10.1. The van der Waals surface area contributed by atoms with Crippen molar-refractivity contribution in [2.24, 2.45) is 0 Å². The number of carbonyl (C=O) groups excluding carboxylic acids is 1. The molecule has 26 heavy (non-hydrogen) atoms. The number of rotatable bonds is 6. The van der Waals surface area contributed by atoms with Gasteiger partial charge in [-0.15, -0.1) is 10.2 Å². The summed E-state index contributed by atoms with van der Waals surface area (Å²) in [6, 6.07) is 5.74. The van der Waals surface area contributed by atoms with Gasteiger partial charge >= 0.3 is 6.03 Å². The van der Waals surface area contributed by atoms with Gasteiger partial charge in [-0.1, -0.05) is 13.8 Å². The minimum atomic E-state index is 0.0283. The lowest BCUT2D eigenvalue weighted by Gasteiger charge is -2.32. The topological polar surface area (TPSA) is 85.2 Å². The fraction of sp³-hybridized carbons (Fsp3) is 0.556. The molecule has 2 aromatic heterocycles. The number of piperidine rings is 1. The van der Waals surface area contributed by atoms with Gasteiger partial charge in [-0.05, 0) is 25.0 Å². The highest BCUT2D eigenvalue weighted by molar-refractivity contribution is 5.74. The van der Waals surface area contributed by atoms with Gasteiger partial charge in [0.2, 0.25) is 5.88 Å². The number of ether oxygens (including phenoxy) is 1. The first-order valence-corrected chi connectivity index (χ1v) is 9.25. The third kappa shape index (κ3) is 4.50. The molecule has 2 amide bonds. The molecule has 0 atom stereocenters. The number of carbonyl (C=O) groups is 1. The van der Waals surface area contributed by atoms with Crippen LogP contribution in [0.15, 0.2) is 30.6 Å². The van der Waals surface area contributed by atoms with E-state index in [1.54, 1.807) is 16.9 Å². The molecule has 1 aliphatic heterocycles. The Balaban J connectivity index is 1.47. The molecule has 0 saturated carbocycles. The van der Waals surface area contributed by atoms with E-state index in [2.05, 4.69) is 34.5 Å². The van der Waals surface area contributed by atoms with Gasteiger partial charge in [0.05, 0.1) is 0 Å². The monoisotopic (exact) mass is 358 g/mol. The van der Waals surface area contributed by atoms with Crippen LogP contribution in [-0.2, 0) is 0 Å². The fourth-order valence-electron chi connectivity index (χ4n) is 3.01. The maximum atomic E-state index is 12.3. The van der Waals surface area contributed by atoms with Gasteiger partial charge in [-0.3, -0.25) is 0 Å².